The van der Waals surface area contributed by atoms with E-state index in [1.165, 1.54) is 28.6 Å². The van der Waals surface area contributed by atoms with Gasteiger partial charge in [0, 0.05) is 37.6 Å². The molecule has 1 aromatic heterocycles. The van der Waals surface area contributed by atoms with E-state index in [9.17, 15) is 33.0 Å². The van der Waals surface area contributed by atoms with E-state index in [2.05, 4.69) is 20.5 Å². The molecule has 6 aromatic rings. The number of alkyl carbamates (subject to hydrolysis) is 1. The van der Waals surface area contributed by atoms with E-state index in [0.717, 1.165) is 49.2 Å². The molecule has 5 N–H and O–H groups in total. The van der Waals surface area contributed by atoms with E-state index in [1.54, 1.807) is 54.6 Å². The minimum atomic E-state index is -3.94. The lowest BCUT2D eigenvalue weighted by Gasteiger charge is -2.43. The maximum atomic E-state index is 13.7. The highest BCUT2D eigenvalue weighted by Crippen LogP contribution is 2.32. The fourth-order valence-electron chi connectivity index (χ4n) is 8.72. The number of aliphatic hydroxyl groups excluding tert-OH is 1. The van der Waals surface area contributed by atoms with Gasteiger partial charge in [-0.2, -0.15) is 4.31 Å². The van der Waals surface area contributed by atoms with Crippen molar-refractivity contribution in [2.75, 3.05) is 52.4 Å². The number of esters is 1. The van der Waals surface area contributed by atoms with Crippen LogP contribution in [0.2, 0.25) is 0 Å². The fourth-order valence-corrected chi connectivity index (χ4v) is 10.2. The number of rotatable bonds is 20. The van der Waals surface area contributed by atoms with Crippen LogP contribution in [0.4, 0.5) is 4.79 Å². The average Bonchev–Trinajstić information content (AvgIpc) is 3.35. The van der Waals surface area contributed by atoms with Crippen molar-refractivity contribution >= 4 is 33.0 Å². The predicted molar refractivity (Wildman–Crippen MR) is 252 cm³/mol. The number of ether oxygens (including phenoxy) is 3. The first kappa shape index (κ1) is 47.0. The zero-order valence-corrected chi connectivity index (χ0v) is 37.8. The van der Waals surface area contributed by atoms with Gasteiger partial charge in [-0.15, -0.1) is 0 Å². The summed E-state index contributed by atoms with van der Waals surface area (Å²) in [5.74, 6) is 0.276. The number of fused-ring (bicyclic) bond motifs is 4. The molecule has 16 heteroatoms. The maximum Gasteiger partial charge on any atom is 0.408 e. The van der Waals surface area contributed by atoms with Crippen molar-refractivity contribution < 1.29 is 42.4 Å². The number of aliphatic hydroxyl groups is 1. The number of carbonyl (C=O) groups excluding carboxylic acids is 2. The number of carbonyl (C=O) groups is 2. The third-order valence-electron chi connectivity index (χ3n) is 12.4. The summed E-state index contributed by atoms with van der Waals surface area (Å²) in [6.45, 7) is 3.41. The fraction of sp³-hybridized carbons (Fsp3) is 0.314. The number of hydrogen-bond donors (Lipinski definition) is 5. The van der Waals surface area contributed by atoms with Crippen LogP contribution < -0.4 is 20.9 Å². The van der Waals surface area contributed by atoms with Gasteiger partial charge in [-0.25, -0.2) is 18.0 Å². The zero-order valence-electron chi connectivity index (χ0n) is 37.0. The quantitative estimate of drug-likeness (QED) is 0.0425. The molecule has 5 aromatic carbocycles. The number of pyridine rings is 1. The summed E-state index contributed by atoms with van der Waals surface area (Å²) in [6, 6.07) is 37.5. The highest BCUT2D eigenvalue weighted by Gasteiger charge is 2.37. The van der Waals surface area contributed by atoms with E-state index in [4.69, 9.17) is 14.2 Å². The lowest BCUT2D eigenvalue weighted by molar-refractivity contribution is -0.0336. The number of aromatic amines is 1. The Morgan fingerprint density at radius 1 is 0.851 bits per heavy atom. The largest absolute Gasteiger partial charge is 0.506 e. The number of amides is 1. The number of sulfonamides is 1. The molecule has 3 fully saturated rings. The smallest absolute Gasteiger partial charge is 0.408 e. The first-order valence-electron chi connectivity index (χ1n) is 22.5. The molecular weight excluding hydrogens is 875 g/mol. The molecule has 3 aliphatic heterocycles. The summed E-state index contributed by atoms with van der Waals surface area (Å²) >= 11 is 0. The molecular formula is C51H55N5O10S. The lowest BCUT2D eigenvalue weighted by Crippen LogP contribution is -2.52. The first-order chi connectivity index (χ1) is 32.5. The van der Waals surface area contributed by atoms with Crippen molar-refractivity contribution in [3.8, 4) is 11.5 Å². The molecule has 1 amide bonds. The molecule has 0 saturated carbocycles. The van der Waals surface area contributed by atoms with Crippen molar-refractivity contribution in [2.24, 2.45) is 5.92 Å². The van der Waals surface area contributed by atoms with Gasteiger partial charge in [-0.3, -0.25) is 9.69 Å². The average molecular weight is 930 g/mol. The summed E-state index contributed by atoms with van der Waals surface area (Å²) < 4.78 is 46.4. The van der Waals surface area contributed by atoms with Gasteiger partial charge in [0.2, 0.25) is 15.6 Å². The van der Waals surface area contributed by atoms with Gasteiger partial charge in [-0.05, 0) is 116 Å². The Bertz CT molecular complexity index is 2790. The number of H-pyrrole nitrogens is 1. The molecule has 2 bridgehead atoms. The third kappa shape index (κ3) is 11.9. The number of aromatic hydroxyl groups is 1. The molecule has 0 aliphatic carbocycles. The number of piperidine rings is 3. The van der Waals surface area contributed by atoms with Crippen LogP contribution in [0.25, 0.3) is 10.9 Å². The second kappa shape index (κ2) is 21.8. The Labute approximate surface area is 389 Å². The van der Waals surface area contributed by atoms with Gasteiger partial charge in [0.15, 0.2) is 0 Å². The molecule has 3 saturated heterocycles. The van der Waals surface area contributed by atoms with Crippen LogP contribution in [-0.4, -0.2) is 103 Å². The third-order valence-corrected chi connectivity index (χ3v) is 14.3. The predicted octanol–water partition coefficient (Wildman–Crippen LogP) is 6.28. The Hall–Kier alpha value is -6.56. The van der Waals surface area contributed by atoms with Gasteiger partial charge < -0.3 is 40.0 Å². The van der Waals surface area contributed by atoms with Crippen LogP contribution in [0.5, 0.6) is 11.5 Å². The topological polar surface area (TPSA) is 200 Å². The van der Waals surface area contributed by atoms with Crippen LogP contribution >= 0.6 is 0 Å². The molecule has 15 nitrogen and oxygen atoms in total. The minimum absolute atomic E-state index is 0.0875. The maximum absolute atomic E-state index is 13.7. The summed E-state index contributed by atoms with van der Waals surface area (Å²) in [4.78, 5) is 43.3. The minimum Gasteiger partial charge on any atom is -0.506 e. The Morgan fingerprint density at radius 3 is 2.31 bits per heavy atom. The monoisotopic (exact) mass is 929 g/mol. The lowest BCUT2D eigenvalue weighted by atomic mass is 9.86. The SMILES string of the molecule is O=C(NC(c1ccccc1)c1cccc(OCc2ccc(C(=O)OCCN(CCCNCC(O)c3ccc(O)c4[nH]c(=O)ccc34)S(=O)(=O)c3ccccc3)cc2)c1)OC1CN2CCC1CC2. The van der Waals surface area contributed by atoms with Crippen molar-refractivity contribution in [3.05, 3.63) is 172 Å². The summed E-state index contributed by atoms with van der Waals surface area (Å²) in [5, 5.41) is 27.9. The summed E-state index contributed by atoms with van der Waals surface area (Å²) in [5.41, 5.74) is 3.19. The first-order valence-corrected chi connectivity index (χ1v) is 24.0. The van der Waals surface area contributed by atoms with Crippen LogP contribution in [0.15, 0.2) is 143 Å². The van der Waals surface area contributed by atoms with E-state index in [1.807, 2.05) is 54.6 Å². The summed E-state index contributed by atoms with van der Waals surface area (Å²) in [7, 11) is -3.94. The number of nitrogens with one attached hydrogen (secondary N) is 3. The number of hydrogen-bond acceptors (Lipinski definition) is 12. The van der Waals surface area contributed by atoms with Crippen molar-refractivity contribution in [2.45, 2.75) is 49.0 Å². The van der Waals surface area contributed by atoms with Crippen LogP contribution in [0.1, 0.15) is 64.0 Å². The molecule has 350 valence electrons. The summed E-state index contributed by atoms with van der Waals surface area (Å²) in [6.07, 6.45) is 0.923. The highest BCUT2D eigenvalue weighted by atomic mass is 32.2. The number of phenols is 1. The van der Waals surface area contributed by atoms with Crippen LogP contribution in [-0.2, 0) is 26.1 Å². The van der Waals surface area contributed by atoms with Gasteiger partial charge in [0.1, 0.15) is 30.8 Å². The van der Waals surface area contributed by atoms with Gasteiger partial charge in [0.05, 0.1) is 28.1 Å². The number of phenolic OH excluding ortho intramolecular Hbond substituents is 1. The van der Waals surface area contributed by atoms with Gasteiger partial charge >= 0.3 is 12.1 Å². The van der Waals surface area contributed by atoms with Crippen molar-refractivity contribution in [1.29, 1.82) is 0 Å². The van der Waals surface area contributed by atoms with Gasteiger partial charge in [-0.1, -0.05) is 78.9 Å². The molecule has 3 unspecified atom stereocenters. The van der Waals surface area contributed by atoms with E-state index < -0.39 is 34.2 Å². The zero-order chi connectivity index (χ0) is 46.8. The second-order valence-corrected chi connectivity index (χ2v) is 18.8. The number of aromatic nitrogens is 1. The molecule has 3 aliphatic rings. The molecule has 9 rings (SSSR count). The van der Waals surface area contributed by atoms with E-state index >= 15 is 0 Å². The van der Waals surface area contributed by atoms with E-state index in [-0.39, 0.29) is 60.7 Å². The molecule has 0 spiro atoms. The Kier molecular flexibility index (Phi) is 15.3. The second-order valence-electron chi connectivity index (χ2n) is 16.8. The van der Waals surface area contributed by atoms with Gasteiger partial charge in [0.25, 0.3) is 0 Å². The van der Waals surface area contributed by atoms with Crippen LogP contribution in [0.3, 0.4) is 0 Å². The van der Waals surface area contributed by atoms with Crippen molar-refractivity contribution in [1.82, 2.24) is 24.8 Å². The van der Waals surface area contributed by atoms with E-state index in [0.29, 0.717) is 41.1 Å². The number of nitrogens with zero attached hydrogens (tertiary/aromatic N) is 2. The Balaban J connectivity index is 0.829. The van der Waals surface area contributed by atoms with Crippen molar-refractivity contribution in [3.63, 3.8) is 0 Å². The number of benzene rings is 5. The molecule has 4 heterocycles. The Morgan fingerprint density at radius 2 is 1.58 bits per heavy atom. The van der Waals surface area contributed by atoms with Crippen LogP contribution in [0, 0.1) is 5.92 Å². The normalized spacial score (nSPS) is 17.7. The molecule has 67 heavy (non-hydrogen) atoms. The molecule has 0 radical (unpaired) electrons. The standard InChI is InChI=1S/C51H55N5O10S/c57-44-21-19-42(43-20-22-47(59)53-49(43)44)45(58)32-52-25-8-26-56(67(62,63)41-13-5-2-6-14-41)29-30-64-50(60)38-17-15-35(16-18-38)34-65-40-12-7-11-39(31-40)48(37-9-3-1-4-10-37)54-51(61)66-46-33-55-27-23-36(46)24-28-55/h1-7,9-22,31,36,45-46,48,52,57-58H,8,23-30,32-34H2,(H,53,59)(H,54,61). The highest BCUT2D eigenvalue weighted by molar-refractivity contribution is 7.89. The molecule has 3 atom stereocenters.